The summed E-state index contributed by atoms with van der Waals surface area (Å²) in [6, 6.07) is 19.2. The average Bonchev–Trinajstić information content (AvgIpc) is 3.56. The Kier molecular flexibility index (Phi) is 11.9. The van der Waals surface area contributed by atoms with Crippen LogP contribution in [0.4, 0.5) is 0 Å². The SMILES string of the molecule is CN1CCC[C@@H](COc2cccc(-c3cccc4c3CC[C@H]4Oc3cc(OCc4cncc(C#N)c4)c(CN[C@](C)(CO)C(=O)O)cc3Cl)c2Cl)C1. The molecule has 12 heteroatoms. The van der Waals surface area contributed by atoms with Gasteiger partial charge in [-0.3, -0.25) is 15.1 Å². The number of aliphatic carboxylic acids is 1. The van der Waals surface area contributed by atoms with Crippen LogP contribution >= 0.6 is 23.2 Å². The molecular formula is C40H42Cl2N4O6. The van der Waals surface area contributed by atoms with Gasteiger partial charge in [0.15, 0.2) is 0 Å². The molecule has 0 saturated carbocycles. The maximum absolute atomic E-state index is 11.8. The molecule has 1 fully saturated rings. The van der Waals surface area contributed by atoms with Crippen LogP contribution < -0.4 is 19.5 Å². The first-order valence-corrected chi connectivity index (χ1v) is 18.1. The van der Waals surface area contributed by atoms with E-state index in [0.29, 0.717) is 62.9 Å². The van der Waals surface area contributed by atoms with Gasteiger partial charge in [-0.2, -0.15) is 5.26 Å². The third kappa shape index (κ3) is 8.46. The predicted molar refractivity (Wildman–Crippen MR) is 199 cm³/mol. The molecule has 272 valence electrons. The van der Waals surface area contributed by atoms with Gasteiger partial charge >= 0.3 is 5.97 Å². The van der Waals surface area contributed by atoms with Crippen LogP contribution in [-0.4, -0.2) is 65.0 Å². The fraction of sp³-hybridized carbons (Fsp3) is 0.375. The molecule has 3 atom stereocenters. The van der Waals surface area contributed by atoms with E-state index >= 15 is 0 Å². The Bertz CT molecular complexity index is 1970. The Hall–Kier alpha value is -4.37. The number of carbonyl (C=O) groups is 1. The van der Waals surface area contributed by atoms with E-state index in [0.717, 1.165) is 48.2 Å². The maximum atomic E-state index is 11.8. The van der Waals surface area contributed by atoms with Crippen molar-refractivity contribution in [3.63, 3.8) is 0 Å². The predicted octanol–water partition coefficient (Wildman–Crippen LogP) is 7.22. The van der Waals surface area contributed by atoms with Gasteiger partial charge in [0.05, 0.1) is 28.8 Å². The van der Waals surface area contributed by atoms with Gasteiger partial charge in [0, 0.05) is 54.2 Å². The van der Waals surface area contributed by atoms with Gasteiger partial charge in [-0.15, -0.1) is 0 Å². The van der Waals surface area contributed by atoms with Crippen LogP contribution in [0.25, 0.3) is 11.1 Å². The van der Waals surface area contributed by atoms with Gasteiger partial charge in [0.2, 0.25) is 0 Å². The number of carboxylic acids is 1. The summed E-state index contributed by atoms with van der Waals surface area (Å²) in [5.41, 5.74) is 4.18. The largest absolute Gasteiger partial charge is 0.492 e. The first kappa shape index (κ1) is 37.4. The number of pyridine rings is 1. The van der Waals surface area contributed by atoms with E-state index in [2.05, 4.69) is 40.5 Å². The number of aromatic nitrogens is 1. The second-order valence-corrected chi connectivity index (χ2v) is 14.5. The Balaban J connectivity index is 1.24. The van der Waals surface area contributed by atoms with Crippen LogP contribution in [0.1, 0.15) is 60.1 Å². The fourth-order valence-corrected chi connectivity index (χ4v) is 7.32. The van der Waals surface area contributed by atoms with Crippen molar-refractivity contribution in [2.75, 3.05) is 33.4 Å². The number of ether oxygens (including phenoxy) is 3. The lowest BCUT2D eigenvalue weighted by Gasteiger charge is -2.29. The number of nitrogens with one attached hydrogen (secondary N) is 1. The zero-order chi connectivity index (χ0) is 36.8. The zero-order valence-electron chi connectivity index (χ0n) is 29.2. The summed E-state index contributed by atoms with van der Waals surface area (Å²) < 4.78 is 19.1. The highest BCUT2D eigenvalue weighted by Crippen LogP contribution is 2.45. The monoisotopic (exact) mass is 744 g/mol. The number of hydrogen-bond donors (Lipinski definition) is 3. The third-order valence-electron chi connectivity index (χ3n) is 9.83. The first-order chi connectivity index (χ1) is 25.1. The summed E-state index contributed by atoms with van der Waals surface area (Å²) in [5, 5.41) is 32.6. The zero-order valence-corrected chi connectivity index (χ0v) is 30.7. The standard InChI is InChI=1S/C40H42Cl2N4O6/c1-40(24-47,39(48)49)45-20-28-15-33(41)37(16-36(28)51-23-27-14-26(17-43)18-44-19-27)52-34-12-11-30-29(7-3-8-31(30)34)32-9-4-10-35(38(32)42)50-22-25-6-5-13-46(2)21-25/h3-4,7-10,14-16,18-19,25,34,45,47H,5-6,11-13,20-24H2,1-2H3,(H,48,49)/t25-,34-,40-/m1/s1. The number of benzene rings is 3. The fourth-order valence-electron chi connectivity index (χ4n) is 6.81. The van der Waals surface area contributed by atoms with E-state index in [1.165, 1.54) is 19.5 Å². The molecule has 52 heavy (non-hydrogen) atoms. The van der Waals surface area contributed by atoms with E-state index in [9.17, 15) is 20.3 Å². The van der Waals surface area contributed by atoms with Crippen molar-refractivity contribution < 1.29 is 29.2 Å². The molecule has 0 radical (unpaired) electrons. The minimum absolute atomic E-state index is 0.0338. The third-order valence-corrected chi connectivity index (χ3v) is 10.5. The molecule has 6 rings (SSSR count). The van der Waals surface area contributed by atoms with Gasteiger partial charge < -0.3 is 29.3 Å². The van der Waals surface area contributed by atoms with E-state index in [1.54, 1.807) is 24.4 Å². The Morgan fingerprint density at radius 2 is 1.88 bits per heavy atom. The van der Waals surface area contributed by atoms with E-state index in [-0.39, 0.29) is 19.3 Å². The highest BCUT2D eigenvalue weighted by atomic mass is 35.5. The van der Waals surface area contributed by atoms with Gasteiger partial charge in [-0.25, -0.2) is 0 Å². The first-order valence-electron chi connectivity index (χ1n) is 17.4. The van der Waals surface area contributed by atoms with Crippen molar-refractivity contribution in [3.8, 4) is 34.4 Å². The van der Waals surface area contributed by atoms with E-state index in [4.69, 9.17) is 37.4 Å². The minimum Gasteiger partial charge on any atom is -0.492 e. The average molecular weight is 746 g/mol. The number of rotatable bonds is 14. The summed E-state index contributed by atoms with van der Waals surface area (Å²) in [4.78, 5) is 18.3. The Morgan fingerprint density at radius 1 is 1.08 bits per heavy atom. The molecule has 10 nitrogen and oxygen atoms in total. The number of fused-ring (bicyclic) bond motifs is 1. The summed E-state index contributed by atoms with van der Waals surface area (Å²) in [5.74, 6) is 0.753. The number of halogens is 2. The van der Waals surface area contributed by atoms with Gasteiger partial charge in [0.1, 0.15) is 41.6 Å². The lowest BCUT2D eigenvalue weighted by Crippen LogP contribution is -2.52. The Morgan fingerprint density at radius 3 is 2.65 bits per heavy atom. The molecule has 0 amide bonds. The Labute approximate surface area is 313 Å². The van der Waals surface area contributed by atoms with Gasteiger partial charge in [-0.1, -0.05) is 53.5 Å². The highest BCUT2D eigenvalue weighted by molar-refractivity contribution is 6.35. The van der Waals surface area contributed by atoms with Crippen molar-refractivity contribution in [2.24, 2.45) is 5.92 Å². The van der Waals surface area contributed by atoms with E-state index in [1.807, 2.05) is 24.3 Å². The molecule has 0 spiro atoms. The number of aliphatic hydroxyl groups is 1. The van der Waals surface area contributed by atoms with Crippen molar-refractivity contribution >= 4 is 29.2 Å². The van der Waals surface area contributed by atoms with Crippen LogP contribution in [0, 0.1) is 17.2 Å². The normalized spacial score (nSPS) is 18.2. The number of likely N-dealkylation sites (tertiary alicyclic amines) is 1. The lowest BCUT2D eigenvalue weighted by atomic mass is 9.96. The van der Waals surface area contributed by atoms with Crippen LogP contribution in [0.3, 0.4) is 0 Å². The van der Waals surface area contributed by atoms with Crippen LogP contribution in [0.2, 0.25) is 10.0 Å². The van der Waals surface area contributed by atoms with Gasteiger partial charge in [0.25, 0.3) is 0 Å². The number of carboxylic acid groups (broad SMARTS) is 1. The summed E-state index contributed by atoms with van der Waals surface area (Å²) in [6.07, 6.45) is 6.58. The molecule has 1 saturated heterocycles. The molecule has 3 aromatic carbocycles. The molecule has 3 N–H and O–H groups in total. The summed E-state index contributed by atoms with van der Waals surface area (Å²) in [7, 11) is 2.15. The molecule has 0 unspecified atom stereocenters. The van der Waals surface area contributed by atoms with Crippen molar-refractivity contribution in [3.05, 3.63) is 105 Å². The maximum Gasteiger partial charge on any atom is 0.326 e. The molecule has 0 bridgehead atoms. The van der Waals surface area contributed by atoms with Crippen LogP contribution in [-0.2, 0) is 24.4 Å². The molecule has 1 aliphatic heterocycles. The molecule has 1 aliphatic carbocycles. The number of piperidine rings is 1. The van der Waals surface area contributed by atoms with Crippen LogP contribution in [0.5, 0.6) is 17.2 Å². The molecule has 4 aromatic rings. The minimum atomic E-state index is -1.59. The number of nitrogens with zero attached hydrogens (tertiary/aromatic N) is 3. The number of hydrogen-bond acceptors (Lipinski definition) is 9. The van der Waals surface area contributed by atoms with Crippen LogP contribution in [0.15, 0.2) is 67.0 Å². The number of nitriles is 1. The molecule has 1 aromatic heterocycles. The smallest absolute Gasteiger partial charge is 0.326 e. The second kappa shape index (κ2) is 16.5. The van der Waals surface area contributed by atoms with Gasteiger partial charge in [-0.05, 0) is 81.1 Å². The van der Waals surface area contributed by atoms with E-state index < -0.39 is 18.1 Å². The van der Waals surface area contributed by atoms with Crippen molar-refractivity contribution in [1.29, 1.82) is 5.26 Å². The topological polar surface area (TPSA) is 137 Å². The van der Waals surface area contributed by atoms with Crippen molar-refractivity contribution in [1.82, 2.24) is 15.2 Å². The summed E-state index contributed by atoms with van der Waals surface area (Å²) in [6.45, 7) is 3.66. The van der Waals surface area contributed by atoms with Crippen molar-refractivity contribution in [2.45, 2.75) is 57.4 Å². The quantitative estimate of drug-likeness (QED) is 0.121. The molecule has 2 aliphatic rings. The molecule has 2 heterocycles. The highest BCUT2D eigenvalue weighted by Gasteiger charge is 2.33. The number of aliphatic hydroxyl groups excluding tert-OH is 1. The summed E-state index contributed by atoms with van der Waals surface area (Å²) >= 11 is 13.8. The molecular weight excluding hydrogens is 703 g/mol. The second-order valence-electron chi connectivity index (χ2n) is 13.7. The lowest BCUT2D eigenvalue weighted by molar-refractivity contribution is -0.145.